The van der Waals surface area contributed by atoms with Crippen LogP contribution in [0.5, 0.6) is 0 Å². The zero-order valence-corrected chi connectivity index (χ0v) is 13.0. The SMILES string of the molecule is CC(C)(C)OC(=O)[C@H]1CCN(c2ncc(Br)cn2)C1. The molecule has 0 aliphatic carbocycles. The second kappa shape index (κ2) is 5.45. The van der Waals surface area contributed by atoms with Crippen molar-refractivity contribution < 1.29 is 9.53 Å². The minimum Gasteiger partial charge on any atom is -0.460 e. The molecule has 1 aromatic rings. The van der Waals surface area contributed by atoms with Crippen molar-refractivity contribution in [3.63, 3.8) is 0 Å². The molecule has 0 spiro atoms. The zero-order chi connectivity index (χ0) is 14.0. The van der Waals surface area contributed by atoms with E-state index in [1.165, 1.54) is 0 Å². The Bertz CT molecular complexity index is 456. The number of rotatable bonds is 2. The minimum absolute atomic E-state index is 0.0912. The third kappa shape index (κ3) is 3.89. The van der Waals surface area contributed by atoms with Gasteiger partial charge in [0, 0.05) is 25.5 Å². The number of hydrogen-bond donors (Lipinski definition) is 0. The number of esters is 1. The number of aromatic nitrogens is 2. The molecule has 1 aliphatic heterocycles. The van der Waals surface area contributed by atoms with Crippen LogP contribution in [-0.4, -0.2) is 34.6 Å². The van der Waals surface area contributed by atoms with E-state index in [2.05, 4.69) is 25.9 Å². The zero-order valence-electron chi connectivity index (χ0n) is 11.4. The summed E-state index contributed by atoms with van der Waals surface area (Å²) in [5, 5.41) is 0. The van der Waals surface area contributed by atoms with Crippen molar-refractivity contribution in [1.29, 1.82) is 0 Å². The molecule has 0 aromatic carbocycles. The predicted octanol–water partition coefficient (Wildman–Crippen LogP) is 2.41. The van der Waals surface area contributed by atoms with Crippen molar-refractivity contribution in [2.24, 2.45) is 5.92 Å². The van der Waals surface area contributed by atoms with Crippen molar-refractivity contribution in [1.82, 2.24) is 9.97 Å². The van der Waals surface area contributed by atoms with Crippen molar-refractivity contribution in [2.45, 2.75) is 32.8 Å². The van der Waals surface area contributed by atoms with Crippen molar-refractivity contribution in [3.05, 3.63) is 16.9 Å². The molecular weight excluding hydrogens is 310 g/mol. The first kappa shape index (κ1) is 14.2. The fraction of sp³-hybridized carbons (Fsp3) is 0.615. The van der Waals surface area contributed by atoms with E-state index in [-0.39, 0.29) is 11.9 Å². The van der Waals surface area contributed by atoms with Crippen LogP contribution >= 0.6 is 15.9 Å². The highest BCUT2D eigenvalue weighted by atomic mass is 79.9. The lowest BCUT2D eigenvalue weighted by Crippen LogP contribution is -2.31. The Kier molecular flexibility index (Phi) is 4.08. The summed E-state index contributed by atoms with van der Waals surface area (Å²) in [5.41, 5.74) is -0.432. The maximum Gasteiger partial charge on any atom is 0.311 e. The second-order valence-electron chi connectivity index (χ2n) is 5.67. The number of carbonyl (C=O) groups is 1. The minimum atomic E-state index is -0.432. The van der Waals surface area contributed by atoms with Crippen LogP contribution in [0.4, 0.5) is 5.95 Å². The van der Waals surface area contributed by atoms with Gasteiger partial charge in [0.25, 0.3) is 0 Å². The number of carbonyl (C=O) groups excluding carboxylic acids is 1. The maximum absolute atomic E-state index is 12.0. The Balaban J connectivity index is 1.96. The summed E-state index contributed by atoms with van der Waals surface area (Å²) in [7, 11) is 0. The van der Waals surface area contributed by atoms with Gasteiger partial charge in [0.15, 0.2) is 0 Å². The van der Waals surface area contributed by atoms with Gasteiger partial charge in [-0.25, -0.2) is 9.97 Å². The van der Waals surface area contributed by atoms with E-state index in [9.17, 15) is 4.79 Å². The highest BCUT2D eigenvalue weighted by Gasteiger charge is 2.32. The number of ether oxygens (including phenoxy) is 1. The van der Waals surface area contributed by atoms with Crippen molar-refractivity contribution >= 4 is 27.8 Å². The summed E-state index contributed by atoms with van der Waals surface area (Å²) in [6, 6.07) is 0. The van der Waals surface area contributed by atoms with Gasteiger partial charge in [-0.1, -0.05) is 0 Å². The molecule has 1 fully saturated rings. The van der Waals surface area contributed by atoms with Gasteiger partial charge < -0.3 is 9.64 Å². The average molecular weight is 328 g/mol. The molecule has 1 aliphatic rings. The maximum atomic E-state index is 12.0. The summed E-state index contributed by atoms with van der Waals surface area (Å²) in [6.07, 6.45) is 4.21. The highest BCUT2D eigenvalue weighted by Crippen LogP contribution is 2.23. The number of nitrogens with zero attached hydrogens (tertiary/aromatic N) is 3. The van der Waals surface area contributed by atoms with Gasteiger partial charge in [-0.05, 0) is 43.1 Å². The van der Waals surface area contributed by atoms with E-state index in [1.807, 2.05) is 25.7 Å². The molecule has 0 amide bonds. The standard InChI is InChI=1S/C13H18BrN3O2/c1-13(2,3)19-11(18)9-4-5-17(8-9)12-15-6-10(14)7-16-12/h6-7,9H,4-5,8H2,1-3H3/t9-/m0/s1. The quantitative estimate of drug-likeness (QED) is 0.781. The lowest BCUT2D eigenvalue weighted by atomic mass is 10.1. The monoisotopic (exact) mass is 327 g/mol. The van der Waals surface area contributed by atoms with Crippen LogP contribution in [0.2, 0.25) is 0 Å². The smallest absolute Gasteiger partial charge is 0.311 e. The lowest BCUT2D eigenvalue weighted by molar-refractivity contribution is -0.159. The Morgan fingerprint density at radius 3 is 2.63 bits per heavy atom. The summed E-state index contributed by atoms with van der Waals surface area (Å²) in [5.74, 6) is 0.438. The van der Waals surface area contributed by atoms with Gasteiger partial charge in [-0.15, -0.1) is 0 Å². The second-order valence-corrected chi connectivity index (χ2v) is 6.58. The molecule has 0 radical (unpaired) electrons. The molecule has 0 N–H and O–H groups in total. The van der Waals surface area contributed by atoms with Gasteiger partial charge in [-0.2, -0.15) is 0 Å². The highest BCUT2D eigenvalue weighted by molar-refractivity contribution is 9.10. The van der Waals surface area contributed by atoms with Crippen LogP contribution in [0.25, 0.3) is 0 Å². The number of halogens is 1. The molecule has 2 rings (SSSR count). The van der Waals surface area contributed by atoms with Crippen molar-refractivity contribution in [2.75, 3.05) is 18.0 Å². The van der Waals surface area contributed by atoms with Crippen LogP contribution in [0, 0.1) is 5.92 Å². The molecule has 1 saturated heterocycles. The molecule has 19 heavy (non-hydrogen) atoms. The molecule has 0 saturated carbocycles. The van der Waals surface area contributed by atoms with E-state index >= 15 is 0 Å². The molecular formula is C13H18BrN3O2. The van der Waals surface area contributed by atoms with Gasteiger partial charge in [-0.3, -0.25) is 4.79 Å². The van der Waals surface area contributed by atoms with E-state index in [4.69, 9.17) is 4.74 Å². The molecule has 2 heterocycles. The molecule has 6 heteroatoms. The van der Waals surface area contributed by atoms with Crippen LogP contribution in [0.1, 0.15) is 27.2 Å². The molecule has 1 aromatic heterocycles. The van der Waals surface area contributed by atoms with Crippen LogP contribution in [0.3, 0.4) is 0 Å². The summed E-state index contributed by atoms with van der Waals surface area (Å²) in [4.78, 5) is 22.5. The first-order chi connectivity index (χ1) is 8.85. The Morgan fingerprint density at radius 2 is 2.05 bits per heavy atom. The Hall–Kier alpha value is -1.17. The average Bonchev–Trinajstić information content (AvgIpc) is 2.77. The van der Waals surface area contributed by atoms with Gasteiger partial charge in [0.1, 0.15) is 5.60 Å². The molecule has 1 atom stereocenters. The number of anilines is 1. The van der Waals surface area contributed by atoms with Crippen LogP contribution in [0.15, 0.2) is 16.9 Å². The fourth-order valence-electron chi connectivity index (χ4n) is 1.99. The number of hydrogen-bond acceptors (Lipinski definition) is 5. The first-order valence-electron chi connectivity index (χ1n) is 6.30. The largest absolute Gasteiger partial charge is 0.460 e. The lowest BCUT2D eigenvalue weighted by Gasteiger charge is -2.22. The van der Waals surface area contributed by atoms with Crippen LogP contribution < -0.4 is 4.90 Å². The summed E-state index contributed by atoms with van der Waals surface area (Å²) < 4.78 is 6.26. The third-order valence-electron chi connectivity index (χ3n) is 2.82. The fourth-order valence-corrected chi connectivity index (χ4v) is 2.19. The Morgan fingerprint density at radius 1 is 1.42 bits per heavy atom. The summed E-state index contributed by atoms with van der Waals surface area (Å²) >= 11 is 3.30. The molecule has 5 nitrogen and oxygen atoms in total. The van der Waals surface area contributed by atoms with Crippen molar-refractivity contribution in [3.8, 4) is 0 Å². The molecule has 0 unspecified atom stereocenters. The topological polar surface area (TPSA) is 55.3 Å². The van der Waals surface area contributed by atoms with Crippen LogP contribution in [-0.2, 0) is 9.53 Å². The van der Waals surface area contributed by atoms with Gasteiger partial charge >= 0.3 is 5.97 Å². The normalized spacial score (nSPS) is 19.6. The van der Waals surface area contributed by atoms with E-state index in [0.29, 0.717) is 12.5 Å². The Labute approximate surface area is 121 Å². The van der Waals surface area contributed by atoms with E-state index in [1.54, 1.807) is 12.4 Å². The summed E-state index contributed by atoms with van der Waals surface area (Å²) in [6.45, 7) is 7.06. The van der Waals surface area contributed by atoms with E-state index in [0.717, 1.165) is 17.4 Å². The van der Waals surface area contributed by atoms with Gasteiger partial charge in [0.05, 0.1) is 10.4 Å². The molecule has 104 valence electrons. The molecule has 0 bridgehead atoms. The first-order valence-corrected chi connectivity index (χ1v) is 7.10. The third-order valence-corrected chi connectivity index (χ3v) is 3.23. The van der Waals surface area contributed by atoms with Gasteiger partial charge in [0.2, 0.25) is 5.95 Å². The predicted molar refractivity (Wildman–Crippen MR) is 75.9 cm³/mol. The van der Waals surface area contributed by atoms with E-state index < -0.39 is 5.60 Å².